The lowest BCUT2D eigenvalue weighted by atomic mass is 9.93. The van der Waals surface area contributed by atoms with Gasteiger partial charge in [0.2, 0.25) is 5.91 Å². The van der Waals surface area contributed by atoms with E-state index in [0.717, 1.165) is 30.2 Å². The fraction of sp³-hybridized carbons (Fsp3) is 0.435. The fourth-order valence-electron chi connectivity index (χ4n) is 4.30. The smallest absolute Gasteiger partial charge is 0.252 e. The lowest BCUT2D eigenvalue weighted by molar-refractivity contribution is -0.125. The maximum Gasteiger partial charge on any atom is 0.252 e. The van der Waals surface area contributed by atoms with Crippen LogP contribution in [0.25, 0.3) is 10.8 Å². The molecule has 176 valence electrons. The summed E-state index contributed by atoms with van der Waals surface area (Å²) >= 11 is -2.55. The molecule has 2 atom stereocenters. The zero-order valence-electron chi connectivity index (χ0n) is 18.5. The van der Waals surface area contributed by atoms with Gasteiger partial charge in [0.1, 0.15) is 0 Å². The van der Waals surface area contributed by atoms with Crippen LogP contribution in [-0.4, -0.2) is 62.5 Å². The number of amides is 2. The van der Waals surface area contributed by atoms with Gasteiger partial charge in [-0.05, 0) is 55.1 Å². The summed E-state index contributed by atoms with van der Waals surface area (Å²) in [6.07, 6.45) is 3.13. The molecule has 33 heavy (non-hydrogen) atoms. The van der Waals surface area contributed by atoms with Crippen LogP contribution in [0.15, 0.2) is 42.5 Å². The van der Waals surface area contributed by atoms with Gasteiger partial charge in [0.05, 0.1) is 13.1 Å². The van der Waals surface area contributed by atoms with Gasteiger partial charge in [0.15, 0.2) is 6.19 Å². The minimum atomic E-state index is -2.55. The number of carbonyl (C=O) groups excluding carboxylic acids is 2. The summed E-state index contributed by atoms with van der Waals surface area (Å²) in [6, 6.07) is 14.9. The molecule has 2 unspecified atom stereocenters. The standard InChI is InChI=1S/C23H29N5O4S/c1-17(20-8-4-6-19-5-2-3-7-21(19)20)27-11-9-18(10-12-27)14-28(33(31)32)15-23(30)25-13-22(29)26-16-24/h2-8,17-18H,9-15H2,1H3,(H,25,30)(H,26,29)(H,31,32)/p-1. The van der Waals surface area contributed by atoms with Crippen molar-refractivity contribution in [3.8, 4) is 6.19 Å². The van der Waals surface area contributed by atoms with Gasteiger partial charge in [-0.3, -0.25) is 24.0 Å². The quantitative estimate of drug-likeness (QED) is 0.324. The normalized spacial score (nSPS) is 16.8. The molecule has 9 nitrogen and oxygen atoms in total. The third-order valence-corrected chi connectivity index (χ3v) is 6.80. The summed E-state index contributed by atoms with van der Waals surface area (Å²) in [5, 5.41) is 15.1. The van der Waals surface area contributed by atoms with E-state index in [2.05, 4.69) is 53.5 Å². The van der Waals surface area contributed by atoms with E-state index in [1.165, 1.54) is 22.5 Å². The molecule has 1 fully saturated rings. The molecule has 3 rings (SSSR count). The second kappa shape index (κ2) is 11.9. The van der Waals surface area contributed by atoms with Gasteiger partial charge >= 0.3 is 0 Å². The van der Waals surface area contributed by atoms with Crippen molar-refractivity contribution >= 4 is 33.9 Å². The molecule has 0 spiro atoms. The molecule has 0 saturated carbocycles. The number of nitriles is 1. The number of hydrogen-bond acceptors (Lipinski definition) is 6. The molecular formula is C23H28N5O4S-. The Morgan fingerprint density at radius 3 is 2.61 bits per heavy atom. The summed E-state index contributed by atoms with van der Waals surface area (Å²) in [5.74, 6) is -1.10. The zero-order valence-corrected chi connectivity index (χ0v) is 19.3. The average Bonchev–Trinajstić information content (AvgIpc) is 2.82. The Balaban J connectivity index is 1.52. The van der Waals surface area contributed by atoms with Crippen LogP contribution in [-0.2, 0) is 20.9 Å². The van der Waals surface area contributed by atoms with Gasteiger partial charge in [0, 0.05) is 23.9 Å². The van der Waals surface area contributed by atoms with Crippen molar-refractivity contribution in [2.24, 2.45) is 5.92 Å². The average molecular weight is 471 g/mol. The molecule has 1 saturated heterocycles. The number of nitrogens with one attached hydrogen (secondary N) is 2. The van der Waals surface area contributed by atoms with Crippen LogP contribution in [0.4, 0.5) is 0 Å². The van der Waals surface area contributed by atoms with E-state index in [1.54, 1.807) is 0 Å². The number of rotatable bonds is 9. The molecule has 1 heterocycles. The van der Waals surface area contributed by atoms with Crippen LogP contribution in [0.2, 0.25) is 0 Å². The predicted molar refractivity (Wildman–Crippen MR) is 124 cm³/mol. The summed E-state index contributed by atoms with van der Waals surface area (Å²) in [5.41, 5.74) is 1.28. The van der Waals surface area contributed by atoms with Crippen LogP contribution in [0, 0.1) is 17.4 Å². The maximum atomic E-state index is 12.0. The first-order valence-corrected chi connectivity index (χ1v) is 11.9. The second-order valence-corrected chi connectivity index (χ2v) is 9.15. The molecule has 10 heteroatoms. The van der Waals surface area contributed by atoms with E-state index in [4.69, 9.17) is 5.26 Å². The van der Waals surface area contributed by atoms with Gasteiger partial charge < -0.3 is 9.87 Å². The van der Waals surface area contributed by atoms with Crippen molar-refractivity contribution in [2.45, 2.75) is 25.8 Å². The SMILES string of the molecule is CC(c1cccc2ccccc12)N1CCC(CN(CC(=O)NCC(=O)NC#N)S(=O)[O-])CC1. The van der Waals surface area contributed by atoms with Crippen LogP contribution >= 0.6 is 0 Å². The van der Waals surface area contributed by atoms with Crippen LogP contribution < -0.4 is 10.6 Å². The number of likely N-dealkylation sites (tertiary alicyclic amines) is 1. The molecular weight excluding hydrogens is 442 g/mol. The number of nitrogens with zero attached hydrogens (tertiary/aromatic N) is 3. The zero-order chi connectivity index (χ0) is 23.8. The summed E-state index contributed by atoms with van der Waals surface area (Å²) < 4.78 is 24.4. The van der Waals surface area contributed by atoms with Crippen molar-refractivity contribution in [2.75, 3.05) is 32.7 Å². The highest BCUT2D eigenvalue weighted by Crippen LogP contribution is 2.31. The summed E-state index contributed by atoms with van der Waals surface area (Å²) in [7, 11) is 0. The van der Waals surface area contributed by atoms with E-state index in [0.29, 0.717) is 0 Å². The van der Waals surface area contributed by atoms with Crippen molar-refractivity contribution in [3.05, 3.63) is 48.0 Å². The highest BCUT2D eigenvalue weighted by molar-refractivity contribution is 7.76. The summed E-state index contributed by atoms with van der Waals surface area (Å²) in [6.45, 7) is 3.40. The molecule has 0 aromatic heterocycles. The number of fused-ring (bicyclic) bond motifs is 1. The van der Waals surface area contributed by atoms with Crippen molar-refractivity contribution in [1.82, 2.24) is 19.8 Å². The van der Waals surface area contributed by atoms with Gasteiger partial charge in [-0.15, -0.1) is 0 Å². The Labute approximate surface area is 196 Å². The lowest BCUT2D eigenvalue weighted by Gasteiger charge is -2.38. The van der Waals surface area contributed by atoms with Crippen molar-refractivity contribution in [1.29, 1.82) is 5.26 Å². The third-order valence-electron chi connectivity index (χ3n) is 6.10. The molecule has 0 radical (unpaired) electrons. The lowest BCUT2D eigenvalue weighted by Crippen LogP contribution is -2.45. The summed E-state index contributed by atoms with van der Waals surface area (Å²) in [4.78, 5) is 25.7. The van der Waals surface area contributed by atoms with Gasteiger partial charge in [-0.25, -0.2) is 4.31 Å². The highest BCUT2D eigenvalue weighted by atomic mass is 32.2. The van der Waals surface area contributed by atoms with E-state index in [9.17, 15) is 18.4 Å². The van der Waals surface area contributed by atoms with Crippen molar-refractivity contribution in [3.63, 3.8) is 0 Å². The number of carbonyl (C=O) groups is 2. The molecule has 0 bridgehead atoms. The Bertz CT molecular complexity index is 1040. The first-order valence-electron chi connectivity index (χ1n) is 10.9. The minimum Gasteiger partial charge on any atom is -0.760 e. The Morgan fingerprint density at radius 2 is 1.91 bits per heavy atom. The fourth-order valence-corrected chi connectivity index (χ4v) is 4.86. The number of benzene rings is 2. The third kappa shape index (κ3) is 6.82. The van der Waals surface area contributed by atoms with E-state index < -0.39 is 23.1 Å². The first kappa shape index (κ1) is 24.8. The maximum absolute atomic E-state index is 12.0. The molecule has 0 aliphatic carbocycles. The number of piperidine rings is 1. The predicted octanol–water partition coefficient (Wildman–Crippen LogP) is 1.42. The van der Waals surface area contributed by atoms with Crippen LogP contribution in [0.5, 0.6) is 0 Å². The largest absolute Gasteiger partial charge is 0.760 e. The second-order valence-electron chi connectivity index (χ2n) is 8.20. The molecule has 1 aliphatic rings. The van der Waals surface area contributed by atoms with Gasteiger partial charge in [0.25, 0.3) is 5.91 Å². The van der Waals surface area contributed by atoms with Crippen molar-refractivity contribution < 1.29 is 18.4 Å². The van der Waals surface area contributed by atoms with E-state index >= 15 is 0 Å². The van der Waals surface area contributed by atoms with Crippen LogP contribution in [0.1, 0.15) is 31.4 Å². The molecule has 2 amide bonds. The molecule has 2 aromatic rings. The van der Waals surface area contributed by atoms with Gasteiger partial charge in [-0.1, -0.05) is 42.5 Å². The monoisotopic (exact) mass is 470 g/mol. The Morgan fingerprint density at radius 1 is 1.21 bits per heavy atom. The first-order chi connectivity index (χ1) is 15.9. The molecule has 1 aliphatic heterocycles. The molecule has 2 aromatic carbocycles. The highest BCUT2D eigenvalue weighted by Gasteiger charge is 2.26. The Kier molecular flexibility index (Phi) is 8.91. The van der Waals surface area contributed by atoms with Gasteiger partial charge in [-0.2, -0.15) is 5.26 Å². The topological polar surface area (TPSA) is 129 Å². The molecule has 2 N–H and O–H groups in total. The number of hydrogen-bond donors (Lipinski definition) is 2. The Hall–Kier alpha value is -2.84. The van der Waals surface area contributed by atoms with E-state index in [1.807, 2.05) is 11.4 Å². The van der Waals surface area contributed by atoms with E-state index in [-0.39, 0.29) is 31.6 Å². The minimum absolute atomic E-state index is 0.147. The van der Waals surface area contributed by atoms with Crippen LogP contribution in [0.3, 0.4) is 0 Å².